The lowest BCUT2D eigenvalue weighted by molar-refractivity contribution is -0.141. The van der Waals surface area contributed by atoms with E-state index >= 15 is 0 Å². The number of nitrogens with zero attached hydrogens (tertiary/aromatic N) is 2. The molecule has 0 N–H and O–H groups in total. The highest BCUT2D eigenvalue weighted by atomic mass is 16.5. The zero-order valence-corrected chi connectivity index (χ0v) is 15.8. The fraction of sp³-hybridized carbons (Fsp3) is 0.619. The summed E-state index contributed by atoms with van der Waals surface area (Å²) in [5, 5.41) is 0. The molecule has 2 aliphatic heterocycles. The predicted molar refractivity (Wildman–Crippen MR) is 101 cm³/mol. The van der Waals surface area contributed by atoms with Gasteiger partial charge in [0.2, 0.25) is 11.8 Å². The molecule has 1 atom stereocenters. The zero-order chi connectivity index (χ0) is 18.4. The van der Waals surface area contributed by atoms with Crippen LogP contribution in [-0.2, 0) is 20.9 Å². The van der Waals surface area contributed by atoms with Gasteiger partial charge in [0.25, 0.3) is 0 Å². The van der Waals surface area contributed by atoms with Crippen molar-refractivity contribution in [2.75, 3.05) is 26.2 Å². The van der Waals surface area contributed by atoms with Gasteiger partial charge in [-0.15, -0.1) is 0 Å². The number of likely N-dealkylation sites (tertiary alicyclic amines) is 1. The van der Waals surface area contributed by atoms with Crippen LogP contribution in [0.15, 0.2) is 24.3 Å². The van der Waals surface area contributed by atoms with Gasteiger partial charge in [-0.25, -0.2) is 0 Å². The molecule has 2 heterocycles. The van der Waals surface area contributed by atoms with Crippen LogP contribution < -0.4 is 0 Å². The average Bonchev–Trinajstić information content (AvgIpc) is 3.04. The third kappa shape index (κ3) is 5.31. The van der Waals surface area contributed by atoms with Gasteiger partial charge in [0.1, 0.15) is 0 Å². The van der Waals surface area contributed by atoms with E-state index in [1.165, 1.54) is 5.56 Å². The maximum Gasteiger partial charge on any atom is 0.242 e. The molecule has 0 bridgehead atoms. The molecular formula is C21H30N2O3. The molecule has 2 amide bonds. The quantitative estimate of drug-likeness (QED) is 0.786. The Labute approximate surface area is 156 Å². The van der Waals surface area contributed by atoms with Gasteiger partial charge < -0.3 is 14.5 Å². The number of hydrogen-bond donors (Lipinski definition) is 0. The molecule has 1 aromatic rings. The number of ether oxygens (including phenoxy) is 1. The van der Waals surface area contributed by atoms with Gasteiger partial charge in [-0.05, 0) is 38.2 Å². The molecule has 1 aromatic carbocycles. The molecule has 26 heavy (non-hydrogen) atoms. The Kier molecular flexibility index (Phi) is 6.67. The van der Waals surface area contributed by atoms with Crippen LogP contribution in [0.25, 0.3) is 0 Å². The smallest absolute Gasteiger partial charge is 0.242 e. The fourth-order valence-electron chi connectivity index (χ4n) is 3.79. The van der Waals surface area contributed by atoms with E-state index in [-0.39, 0.29) is 24.5 Å². The molecule has 2 saturated heterocycles. The number of carbonyl (C=O) groups excluding carboxylic acids is 2. The fourth-order valence-corrected chi connectivity index (χ4v) is 3.79. The number of carbonyl (C=O) groups is 2. The summed E-state index contributed by atoms with van der Waals surface area (Å²) in [6.45, 7) is 4.91. The first-order valence-corrected chi connectivity index (χ1v) is 9.84. The molecule has 0 radical (unpaired) electrons. The second-order valence-corrected chi connectivity index (χ2v) is 7.52. The normalized spacial score (nSPS) is 20.9. The second kappa shape index (κ2) is 9.17. The van der Waals surface area contributed by atoms with Gasteiger partial charge in [0.05, 0.1) is 12.6 Å². The lowest BCUT2D eigenvalue weighted by Gasteiger charge is -2.29. The Bertz CT molecular complexity index is 625. The van der Waals surface area contributed by atoms with Gasteiger partial charge in [-0.3, -0.25) is 9.59 Å². The largest absolute Gasteiger partial charge is 0.376 e. The number of hydrogen-bond acceptors (Lipinski definition) is 3. The predicted octanol–water partition coefficient (Wildman–Crippen LogP) is 2.91. The second-order valence-electron chi connectivity index (χ2n) is 7.52. The van der Waals surface area contributed by atoms with Gasteiger partial charge in [-0.2, -0.15) is 0 Å². The molecule has 0 aromatic heterocycles. The number of aryl methyl sites for hydroxylation is 1. The molecule has 5 heteroatoms. The molecule has 142 valence electrons. The molecule has 0 saturated carbocycles. The van der Waals surface area contributed by atoms with E-state index in [1.807, 2.05) is 11.0 Å². The molecule has 3 rings (SSSR count). The monoisotopic (exact) mass is 358 g/mol. The average molecular weight is 358 g/mol. The Balaban J connectivity index is 1.68. The Morgan fingerprint density at radius 1 is 1.27 bits per heavy atom. The minimum atomic E-state index is 0.0252. The SMILES string of the molecule is Cc1cccc(CN(C[C@@H]2CCCO2)C(=O)CN2CCCCCC2=O)c1. The minimum Gasteiger partial charge on any atom is -0.376 e. The molecular weight excluding hydrogens is 328 g/mol. The van der Waals surface area contributed by atoms with E-state index in [1.54, 1.807) is 4.90 Å². The maximum absolute atomic E-state index is 13.0. The summed E-state index contributed by atoms with van der Waals surface area (Å²) < 4.78 is 5.75. The van der Waals surface area contributed by atoms with E-state index < -0.39 is 0 Å². The first-order valence-electron chi connectivity index (χ1n) is 9.84. The highest BCUT2D eigenvalue weighted by Crippen LogP contribution is 2.17. The van der Waals surface area contributed by atoms with E-state index in [2.05, 4.69) is 25.1 Å². The summed E-state index contributed by atoms with van der Waals surface area (Å²) in [7, 11) is 0. The molecule has 0 spiro atoms. The first kappa shape index (κ1) is 18.9. The van der Waals surface area contributed by atoms with Crippen molar-refractivity contribution in [2.45, 2.75) is 58.1 Å². The summed E-state index contributed by atoms with van der Waals surface area (Å²) in [6.07, 6.45) is 5.73. The van der Waals surface area contributed by atoms with Gasteiger partial charge >= 0.3 is 0 Å². The summed E-state index contributed by atoms with van der Waals surface area (Å²) in [5.41, 5.74) is 2.31. The van der Waals surface area contributed by atoms with Crippen LogP contribution in [-0.4, -0.2) is 54.0 Å². The van der Waals surface area contributed by atoms with E-state index in [4.69, 9.17) is 4.74 Å². The van der Waals surface area contributed by atoms with Crippen LogP contribution in [0.4, 0.5) is 0 Å². The van der Waals surface area contributed by atoms with Crippen molar-refractivity contribution in [1.29, 1.82) is 0 Å². The van der Waals surface area contributed by atoms with Crippen molar-refractivity contribution in [1.82, 2.24) is 9.80 Å². The molecule has 5 nitrogen and oxygen atoms in total. The Hall–Kier alpha value is -1.88. The van der Waals surface area contributed by atoms with Crippen LogP contribution in [0, 0.1) is 6.92 Å². The van der Waals surface area contributed by atoms with Crippen molar-refractivity contribution >= 4 is 11.8 Å². The molecule has 2 fully saturated rings. The van der Waals surface area contributed by atoms with Crippen LogP contribution in [0.5, 0.6) is 0 Å². The van der Waals surface area contributed by atoms with E-state index in [0.717, 1.165) is 44.3 Å². The lowest BCUT2D eigenvalue weighted by atomic mass is 10.1. The van der Waals surface area contributed by atoms with Crippen LogP contribution in [0.3, 0.4) is 0 Å². The van der Waals surface area contributed by atoms with Gasteiger partial charge in [-0.1, -0.05) is 36.2 Å². The summed E-state index contributed by atoms with van der Waals surface area (Å²) in [5.74, 6) is 0.140. The number of rotatable bonds is 6. The van der Waals surface area contributed by atoms with Crippen LogP contribution in [0.1, 0.15) is 49.7 Å². The van der Waals surface area contributed by atoms with Crippen LogP contribution >= 0.6 is 0 Å². The standard InChI is InChI=1S/C21H30N2O3/c1-17-7-5-8-18(13-17)14-23(15-19-9-6-12-26-19)21(25)16-22-11-4-2-3-10-20(22)24/h5,7-8,13,19H,2-4,6,9-12,14-16H2,1H3/t19-/m0/s1. The zero-order valence-electron chi connectivity index (χ0n) is 15.8. The molecule has 0 aliphatic carbocycles. The maximum atomic E-state index is 13.0. The van der Waals surface area contributed by atoms with E-state index in [0.29, 0.717) is 26.1 Å². The molecule has 2 aliphatic rings. The third-order valence-electron chi connectivity index (χ3n) is 5.25. The van der Waals surface area contributed by atoms with Gasteiger partial charge in [0.15, 0.2) is 0 Å². The Morgan fingerprint density at radius 3 is 2.92 bits per heavy atom. The molecule has 0 unspecified atom stereocenters. The van der Waals surface area contributed by atoms with E-state index in [9.17, 15) is 9.59 Å². The Morgan fingerprint density at radius 2 is 2.15 bits per heavy atom. The van der Waals surface area contributed by atoms with Crippen LogP contribution in [0.2, 0.25) is 0 Å². The number of benzene rings is 1. The van der Waals surface area contributed by atoms with Crippen molar-refractivity contribution in [3.8, 4) is 0 Å². The summed E-state index contributed by atoms with van der Waals surface area (Å²) in [6, 6.07) is 8.26. The van der Waals surface area contributed by atoms with Crippen molar-refractivity contribution < 1.29 is 14.3 Å². The van der Waals surface area contributed by atoms with Crippen molar-refractivity contribution in [3.05, 3.63) is 35.4 Å². The lowest BCUT2D eigenvalue weighted by Crippen LogP contribution is -2.44. The number of amides is 2. The third-order valence-corrected chi connectivity index (χ3v) is 5.25. The first-order chi connectivity index (χ1) is 12.6. The van der Waals surface area contributed by atoms with Gasteiger partial charge in [0, 0.05) is 32.7 Å². The topological polar surface area (TPSA) is 49.9 Å². The van der Waals surface area contributed by atoms with Crippen molar-refractivity contribution in [3.63, 3.8) is 0 Å². The minimum absolute atomic E-state index is 0.0252. The highest BCUT2D eigenvalue weighted by Gasteiger charge is 2.26. The highest BCUT2D eigenvalue weighted by molar-refractivity contribution is 5.85. The summed E-state index contributed by atoms with van der Waals surface area (Å²) >= 11 is 0. The summed E-state index contributed by atoms with van der Waals surface area (Å²) in [4.78, 5) is 28.9. The van der Waals surface area contributed by atoms with Crippen molar-refractivity contribution in [2.24, 2.45) is 0 Å².